The molecule has 0 bridgehead atoms. The maximum atomic E-state index is 11.9. The van der Waals surface area contributed by atoms with E-state index in [1.165, 1.54) is 0 Å². The van der Waals surface area contributed by atoms with Gasteiger partial charge in [-0.05, 0) is 48.6 Å². The van der Waals surface area contributed by atoms with E-state index < -0.39 is 11.9 Å². The molecule has 0 unspecified atom stereocenters. The predicted molar refractivity (Wildman–Crippen MR) is 98.7 cm³/mol. The van der Waals surface area contributed by atoms with Gasteiger partial charge in [-0.15, -0.1) is 0 Å². The standard InChI is InChI=1S/C20H21BrO4/c21-15-8-6-13(7-9-15)18-11-17(25-16-4-2-1-3-5-16)10-14(12-22)19(18)20(23)24/h1-9,14,17-19,22H,10-12H2,(H,23,24)/t14-,17-,18+,19-/m0/s1. The minimum atomic E-state index is -0.856. The normalized spacial score (nSPS) is 26.2. The Bertz CT molecular complexity index is 701. The molecule has 2 aromatic rings. The van der Waals surface area contributed by atoms with Gasteiger partial charge in [0.05, 0.1) is 12.0 Å². The zero-order valence-electron chi connectivity index (χ0n) is 13.7. The van der Waals surface area contributed by atoms with Gasteiger partial charge in [0.15, 0.2) is 0 Å². The van der Waals surface area contributed by atoms with E-state index in [-0.39, 0.29) is 24.5 Å². The van der Waals surface area contributed by atoms with Crippen molar-refractivity contribution in [3.8, 4) is 5.75 Å². The predicted octanol–water partition coefficient (Wildman–Crippen LogP) is 4.08. The van der Waals surface area contributed by atoms with Crippen molar-refractivity contribution in [3.63, 3.8) is 0 Å². The number of halogens is 1. The number of hydrogen-bond acceptors (Lipinski definition) is 3. The molecule has 5 heteroatoms. The Labute approximate surface area is 155 Å². The third-order valence-electron chi connectivity index (χ3n) is 4.89. The molecule has 0 aromatic heterocycles. The Kier molecular flexibility index (Phi) is 5.76. The van der Waals surface area contributed by atoms with Crippen molar-refractivity contribution >= 4 is 21.9 Å². The molecule has 0 radical (unpaired) electrons. The van der Waals surface area contributed by atoms with Crippen LogP contribution < -0.4 is 4.74 Å². The minimum Gasteiger partial charge on any atom is -0.490 e. The number of aliphatic hydroxyl groups is 1. The van der Waals surface area contributed by atoms with Gasteiger partial charge in [-0.1, -0.05) is 46.3 Å². The summed E-state index contributed by atoms with van der Waals surface area (Å²) in [5.41, 5.74) is 0.968. The van der Waals surface area contributed by atoms with Crippen LogP contribution >= 0.6 is 15.9 Å². The van der Waals surface area contributed by atoms with Crippen LogP contribution in [0.5, 0.6) is 5.75 Å². The molecule has 2 N–H and O–H groups in total. The Hall–Kier alpha value is -1.85. The van der Waals surface area contributed by atoms with Crippen LogP contribution in [0.1, 0.15) is 24.3 Å². The van der Waals surface area contributed by atoms with Crippen molar-refractivity contribution in [1.82, 2.24) is 0 Å². The van der Waals surface area contributed by atoms with Crippen molar-refractivity contribution in [2.75, 3.05) is 6.61 Å². The SMILES string of the molecule is O=C(O)[C@H]1[C@H](CO)C[C@H](Oc2ccccc2)C[C@@H]1c1ccc(Br)cc1. The van der Waals surface area contributed by atoms with Gasteiger partial charge in [-0.3, -0.25) is 4.79 Å². The average molecular weight is 405 g/mol. The number of benzene rings is 2. The Morgan fingerprint density at radius 1 is 1.08 bits per heavy atom. The van der Waals surface area contributed by atoms with Gasteiger partial charge in [0.1, 0.15) is 5.75 Å². The topological polar surface area (TPSA) is 66.8 Å². The highest BCUT2D eigenvalue weighted by Crippen LogP contribution is 2.43. The summed E-state index contributed by atoms with van der Waals surface area (Å²) in [6.07, 6.45) is 1.03. The molecule has 132 valence electrons. The molecule has 0 saturated heterocycles. The molecule has 4 atom stereocenters. The maximum Gasteiger partial charge on any atom is 0.307 e. The lowest BCUT2D eigenvalue weighted by Gasteiger charge is -2.39. The van der Waals surface area contributed by atoms with Crippen LogP contribution in [-0.4, -0.2) is 28.9 Å². The van der Waals surface area contributed by atoms with Crippen molar-refractivity contribution in [1.29, 1.82) is 0 Å². The second kappa shape index (κ2) is 8.02. The zero-order chi connectivity index (χ0) is 17.8. The number of ether oxygens (including phenoxy) is 1. The first-order valence-electron chi connectivity index (χ1n) is 8.39. The quantitative estimate of drug-likeness (QED) is 0.787. The Morgan fingerprint density at radius 3 is 2.36 bits per heavy atom. The van der Waals surface area contributed by atoms with Crippen LogP contribution in [0.25, 0.3) is 0 Å². The summed E-state index contributed by atoms with van der Waals surface area (Å²) in [6, 6.07) is 17.3. The number of carboxylic acids is 1. The molecule has 2 aromatic carbocycles. The van der Waals surface area contributed by atoms with E-state index in [0.29, 0.717) is 12.8 Å². The highest BCUT2D eigenvalue weighted by Gasteiger charge is 2.43. The van der Waals surface area contributed by atoms with Crippen LogP contribution in [-0.2, 0) is 4.79 Å². The molecule has 0 spiro atoms. The first-order chi connectivity index (χ1) is 12.1. The van der Waals surface area contributed by atoms with E-state index in [0.717, 1.165) is 15.8 Å². The molecule has 0 aliphatic heterocycles. The lowest BCUT2D eigenvalue weighted by Crippen LogP contribution is -2.42. The van der Waals surface area contributed by atoms with Gasteiger partial charge < -0.3 is 14.9 Å². The molecule has 0 heterocycles. The van der Waals surface area contributed by atoms with Gasteiger partial charge in [0.2, 0.25) is 0 Å². The number of aliphatic hydroxyl groups excluding tert-OH is 1. The summed E-state index contributed by atoms with van der Waals surface area (Å²) in [4.78, 5) is 11.9. The van der Waals surface area contributed by atoms with E-state index in [4.69, 9.17) is 4.74 Å². The van der Waals surface area contributed by atoms with Crippen LogP contribution in [0, 0.1) is 11.8 Å². The molecule has 1 aliphatic carbocycles. The van der Waals surface area contributed by atoms with E-state index in [1.54, 1.807) is 0 Å². The molecule has 1 saturated carbocycles. The van der Waals surface area contributed by atoms with E-state index in [2.05, 4.69) is 15.9 Å². The number of carbonyl (C=O) groups is 1. The first-order valence-corrected chi connectivity index (χ1v) is 9.18. The fourth-order valence-electron chi connectivity index (χ4n) is 3.74. The number of hydrogen-bond donors (Lipinski definition) is 2. The lowest BCUT2D eigenvalue weighted by atomic mass is 9.68. The van der Waals surface area contributed by atoms with Crippen molar-refractivity contribution in [2.24, 2.45) is 11.8 Å². The van der Waals surface area contributed by atoms with Gasteiger partial charge in [0, 0.05) is 17.0 Å². The highest BCUT2D eigenvalue weighted by atomic mass is 79.9. The van der Waals surface area contributed by atoms with E-state index >= 15 is 0 Å². The molecule has 1 fully saturated rings. The van der Waals surface area contributed by atoms with Crippen molar-refractivity contribution in [2.45, 2.75) is 24.9 Å². The van der Waals surface area contributed by atoms with E-state index in [9.17, 15) is 15.0 Å². The summed E-state index contributed by atoms with van der Waals surface area (Å²) < 4.78 is 7.03. The van der Waals surface area contributed by atoms with Gasteiger partial charge in [-0.25, -0.2) is 0 Å². The van der Waals surface area contributed by atoms with Crippen molar-refractivity contribution < 1.29 is 19.7 Å². The fourth-order valence-corrected chi connectivity index (χ4v) is 4.01. The number of carboxylic acid groups (broad SMARTS) is 1. The molecule has 3 rings (SSSR count). The summed E-state index contributed by atoms with van der Waals surface area (Å²) in [6.45, 7) is -0.154. The minimum absolute atomic E-state index is 0.121. The fraction of sp³-hybridized carbons (Fsp3) is 0.350. The Balaban J connectivity index is 1.87. The summed E-state index contributed by atoms with van der Waals surface area (Å²) >= 11 is 3.41. The second-order valence-electron chi connectivity index (χ2n) is 6.49. The summed E-state index contributed by atoms with van der Waals surface area (Å²) in [5.74, 6) is -1.21. The van der Waals surface area contributed by atoms with Gasteiger partial charge >= 0.3 is 5.97 Å². The Morgan fingerprint density at radius 2 is 1.76 bits per heavy atom. The smallest absolute Gasteiger partial charge is 0.307 e. The largest absolute Gasteiger partial charge is 0.490 e. The van der Waals surface area contributed by atoms with E-state index in [1.807, 2.05) is 54.6 Å². The molecule has 25 heavy (non-hydrogen) atoms. The van der Waals surface area contributed by atoms with Crippen LogP contribution in [0.15, 0.2) is 59.1 Å². The second-order valence-corrected chi connectivity index (χ2v) is 7.40. The number of para-hydroxylation sites is 1. The number of aliphatic carboxylic acids is 1. The number of rotatable bonds is 5. The highest BCUT2D eigenvalue weighted by molar-refractivity contribution is 9.10. The van der Waals surface area contributed by atoms with Crippen molar-refractivity contribution in [3.05, 3.63) is 64.6 Å². The first kappa shape index (κ1) is 18.0. The van der Waals surface area contributed by atoms with Crippen LogP contribution in [0.2, 0.25) is 0 Å². The van der Waals surface area contributed by atoms with Gasteiger partial charge in [0.25, 0.3) is 0 Å². The van der Waals surface area contributed by atoms with Crippen LogP contribution in [0.3, 0.4) is 0 Å². The maximum absolute atomic E-state index is 11.9. The summed E-state index contributed by atoms with van der Waals surface area (Å²) in [7, 11) is 0. The monoisotopic (exact) mass is 404 g/mol. The molecule has 4 nitrogen and oxygen atoms in total. The van der Waals surface area contributed by atoms with Crippen LogP contribution in [0.4, 0.5) is 0 Å². The molecule has 0 amide bonds. The molecular weight excluding hydrogens is 384 g/mol. The third-order valence-corrected chi connectivity index (χ3v) is 5.42. The summed E-state index contributed by atoms with van der Waals surface area (Å²) in [5, 5.41) is 19.5. The van der Waals surface area contributed by atoms with Gasteiger partial charge in [-0.2, -0.15) is 0 Å². The average Bonchev–Trinajstić information content (AvgIpc) is 2.62. The lowest BCUT2D eigenvalue weighted by molar-refractivity contribution is -0.148. The molecule has 1 aliphatic rings. The zero-order valence-corrected chi connectivity index (χ0v) is 15.3. The molecular formula is C20H21BrO4. The third kappa shape index (κ3) is 4.22.